The molecule has 1 amide bonds. The van der Waals surface area contributed by atoms with E-state index in [1.54, 1.807) is 24.3 Å². The van der Waals surface area contributed by atoms with Crippen molar-refractivity contribution in [3.8, 4) is 0 Å². The van der Waals surface area contributed by atoms with Gasteiger partial charge in [0.15, 0.2) is 0 Å². The summed E-state index contributed by atoms with van der Waals surface area (Å²) in [4.78, 5) is 12.3. The van der Waals surface area contributed by atoms with Gasteiger partial charge >= 0.3 is 0 Å². The Balaban J connectivity index is 2.12. The van der Waals surface area contributed by atoms with E-state index in [1.165, 1.54) is 12.1 Å². The van der Waals surface area contributed by atoms with Gasteiger partial charge in [0.25, 0.3) is 0 Å². The van der Waals surface area contributed by atoms with Gasteiger partial charge in [-0.05, 0) is 36.3 Å². The van der Waals surface area contributed by atoms with E-state index in [9.17, 15) is 13.2 Å². The van der Waals surface area contributed by atoms with Crippen LogP contribution in [0, 0.1) is 0 Å². The summed E-state index contributed by atoms with van der Waals surface area (Å²) in [5.74, 6) is -0.496. The fourth-order valence-electron chi connectivity index (χ4n) is 2.30. The topological polar surface area (TPSA) is 66.5 Å². The maximum absolute atomic E-state index is 12.6. The summed E-state index contributed by atoms with van der Waals surface area (Å²) in [6, 6.07) is 13.7. The van der Waals surface area contributed by atoms with E-state index >= 15 is 0 Å². The quantitative estimate of drug-likeness (QED) is 0.667. The summed E-state index contributed by atoms with van der Waals surface area (Å²) in [5.41, 5.74) is 1.09. The van der Waals surface area contributed by atoms with Crippen molar-refractivity contribution in [1.82, 2.24) is 4.31 Å². The minimum atomic E-state index is -3.76. The lowest BCUT2D eigenvalue weighted by molar-refractivity contribution is -0.116. The molecule has 0 aromatic heterocycles. The number of nitrogens with zero attached hydrogens (tertiary/aromatic N) is 1. The number of amides is 1. The van der Waals surface area contributed by atoms with E-state index in [1.807, 2.05) is 25.1 Å². The van der Waals surface area contributed by atoms with Crippen molar-refractivity contribution in [3.05, 3.63) is 69.5 Å². The number of hydrogen-bond donors (Lipinski definition) is 1. The summed E-state index contributed by atoms with van der Waals surface area (Å²) in [7, 11) is -3.76. The minimum absolute atomic E-state index is 0.220. The summed E-state index contributed by atoms with van der Waals surface area (Å²) in [5, 5.41) is 4.45. The fraction of sp³-hybridized carbons (Fsp3) is 0.211. The summed E-state index contributed by atoms with van der Waals surface area (Å²) in [6.07, 6.45) is 2.08. The first-order chi connectivity index (χ1) is 12.8. The highest BCUT2D eigenvalue weighted by Gasteiger charge is 2.22. The number of carbonyl (C=O) groups excluding carboxylic acids is 1. The molecule has 0 saturated heterocycles. The zero-order chi connectivity index (χ0) is 19.9. The second-order valence-corrected chi connectivity index (χ2v) is 8.43. The molecule has 27 heavy (non-hydrogen) atoms. The van der Waals surface area contributed by atoms with Crippen LogP contribution in [0.1, 0.15) is 18.9 Å². The average Bonchev–Trinajstić information content (AvgIpc) is 2.63. The second kappa shape index (κ2) is 9.90. The van der Waals surface area contributed by atoms with Gasteiger partial charge in [-0.3, -0.25) is 4.79 Å². The van der Waals surface area contributed by atoms with Crippen molar-refractivity contribution in [2.24, 2.45) is 0 Å². The molecule has 0 radical (unpaired) electrons. The molecule has 1 N–H and O–H groups in total. The third kappa shape index (κ3) is 6.66. The average molecular weight is 427 g/mol. The smallest absolute Gasteiger partial charge is 0.239 e. The molecule has 2 rings (SSSR count). The standard InChI is InChI=1S/C19H20Cl2N2O3S/c1-2-11-23(27(25,26)12-10-15-6-4-3-5-7-15)14-19(24)22-18-13-16(20)8-9-17(18)21/h3-10,12-13H,2,11,14H2,1H3,(H,22,24)/b12-10+. The molecule has 0 unspecified atom stereocenters. The molecule has 0 spiro atoms. The predicted octanol–water partition coefficient (Wildman–Crippen LogP) is 4.64. The molecular formula is C19H20Cl2N2O3S. The van der Waals surface area contributed by atoms with Crippen molar-refractivity contribution >= 4 is 50.9 Å². The van der Waals surface area contributed by atoms with Gasteiger partial charge in [0.2, 0.25) is 15.9 Å². The number of carbonyl (C=O) groups is 1. The first-order valence-electron chi connectivity index (χ1n) is 8.30. The molecule has 0 aliphatic rings. The van der Waals surface area contributed by atoms with E-state index in [2.05, 4.69) is 5.32 Å². The maximum atomic E-state index is 12.6. The first-order valence-corrected chi connectivity index (χ1v) is 10.6. The number of rotatable bonds is 8. The molecule has 5 nitrogen and oxygen atoms in total. The Labute approximate surface area is 169 Å². The van der Waals surface area contributed by atoms with Gasteiger partial charge in [0.05, 0.1) is 17.3 Å². The Morgan fingerprint density at radius 3 is 2.52 bits per heavy atom. The Morgan fingerprint density at radius 2 is 1.85 bits per heavy atom. The SMILES string of the molecule is CCCN(CC(=O)Nc1cc(Cl)ccc1Cl)S(=O)(=O)/C=C/c1ccccc1. The van der Waals surface area contributed by atoms with Crippen molar-refractivity contribution < 1.29 is 13.2 Å². The maximum Gasteiger partial charge on any atom is 0.239 e. The first kappa shape index (κ1) is 21.4. The molecular weight excluding hydrogens is 407 g/mol. The number of hydrogen-bond acceptors (Lipinski definition) is 3. The molecule has 0 heterocycles. The lowest BCUT2D eigenvalue weighted by Gasteiger charge is -2.19. The molecule has 0 saturated carbocycles. The van der Waals surface area contributed by atoms with Gasteiger partial charge in [-0.25, -0.2) is 8.42 Å². The van der Waals surface area contributed by atoms with Crippen molar-refractivity contribution in [3.63, 3.8) is 0 Å². The van der Waals surface area contributed by atoms with Crippen LogP contribution in [0.5, 0.6) is 0 Å². The van der Waals surface area contributed by atoms with Crippen LogP contribution in [0.25, 0.3) is 6.08 Å². The number of halogens is 2. The second-order valence-electron chi connectivity index (χ2n) is 5.76. The number of benzene rings is 2. The van der Waals surface area contributed by atoms with Gasteiger partial charge in [-0.2, -0.15) is 4.31 Å². The van der Waals surface area contributed by atoms with Crippen LogP contribution >= 0.6 is 23.2 Å². The Morgan fingerprint density at radius 1 is 1.15 bits per heavy atom. The van der Waals surface area contributed by atoms with Crippen LogP contribution in [0.4, 0.5) is 5.69 Å². The molecule has 2 aromatic carbocycles. The van der Waals surface area contributed by atoms with E-state index in [0.717, 1.165) is 15.3 Å². The Kier molecular flexibility index (Phi) is 7.86. The van der Waals surface area contributed by atoms with E-state index in [4.69, 9.17) is 23.2 Å². The van der Waals surface area contributed by atoms with Gasteiger partial charge in [0.1, 0.15) is 0 Å². The molecule has 144 valence electrons. The van der Waals surface area contributed by atoms with E-state index < -0.39 is 15.9 Å². The van der Waals surface area contributed by atoms with Crippen LogP contribution in [0.2, 0.25) is 10.0 Å². The predicted molar refractivity (Wildman–Crippen MR) is 111 cm³/mol. The lowest BCUT2D eigenvalue weighted by atomic mass is 10.2. The summed E-state index contributed by atoms with van der Waals surface area (Å²) < 4.78 is 26.4. The van der Waals surface area contributed by atoms with Crippen molar-refractivity contribution in [1.29, 1.82) is 0 Å². The van der Waals surface area contributed by atoms with Gasteiger partial charge in [0, 0.05) is 17.0 Å². The highest BCUT2D eigenvalue weighted by molar-refractivity contribution is 7.92. The van der Waals surface area contributed by atoms with Crippen molar-refractivity contribution in [2.75, 3.05) is 18.4 Å². The third-order valence-electron chi connectivity index (χ3n) is 3.59. The number of nitrogens with one attached hydrogen (secondary N) is 1. The molecule has 0 bridgehead atoms. The highest BCUT2D eigenvalue weighted by Crippen LogP contribution is 2.25. The molecule has 0 aliphatic carbocycles. The van der Waals surface area contributed by atoms with E-state index in [-0.39, 0.29) is 13.1 Å². The van der Waals surface area contributed by atoms with Crippen LogP contribution in [-0.2, 0) is 14.8 Å². The molecule has 0 atom stereocenters. The number of sulfonamides is 1. The minimum Gasteiger partial charge on any atom is -0.324 e. The summed E-state index contributed by atoms with van der Waals surface area (Å²) >= 11 is 11.9. The lowest BCUT2D eigenvalue weighted by Crippen LogP contribution is -2.37. The molecule has 8 heteroatoms. The summed E-state index contributed by atoms with van der Waals surface area (Å²) in [6.45, 7) is 1.74. The fourth-order valence-corrected chi connectivity index (χ4v) is 3.88. The molecule has 2 aromatic rings. The van der Waals surface area contributed by atoms with Crippen LogP contribution < -0.4 is 5.32 Å². The van der Waals surface area contributed by atoms with Gasteiger partial charge < -0.3 is 5.32 Å². The third-order valence-corrected chi connectivity index (χ3v) is 5.66. The molecule has 0 aliphatic heterocycles. The monoisotopic (exact) mass is 426 g/mol. The van der Waals surface area contributed by atoms with Gasteiger partial charge in [-0.1, -0.05) is 60.5 Å². The van der Waals surface area contributed by atoms with Gasteiger partial charge in [-0.15, -0.1) is 0 Å². The van der Waals surface area contributed by atoms with E-state index in [0.29, 0.717) is 22.2 Å². The molecule has 0 fully saturated rings. The largest absolute Gasteiger partial charge is 0.324 e. The Hall–Kier alpha value is -1.86. The zero-order valence-electron chi connectivity index (χ0n) is 14.7. The number of anilines is 1. The zero-order valence-corrected chi connectivity index (χ0v) is 17.1. The Bertz CT molecular complexity index is 916. The van der Waals surface area contributed by atoms with Crippen LogP contribution in [0.15, 0.2) is 53.9 Å². The van der Waals surface area contributed by atoms with Crippen molar-refractivity contribution in [2.45, 2.75) is 13.3 Å². The van der Waals surface area contributed by atoms with Crippen LogP contribution in [0.3, 0.4) is 0 Å². The van der Waals surface area contributed by atoms with Crippen LogP contribution in [-0.4, -0.2) is 31.7 Å². The highest BCUT2D eigenvalue weighted by atomic mass is 35.5. The normalized spacial score (nSPS) is 11.9.